The van der Waals surface area contributed by atoms with E-state index in [2.05, 4.69) is 51.9 Å². The van der Waals surface area contributed by atoms with E-state index in [9.17, 15) is 0 Å². The van der Waals surface area contributed by atoms with Crippen LogP contribution in [0, 0.1) is 5.41 Å². The Morgan fingerprint density at radius 2 is 2.00 bits per heavy atom. The van der Waals surface area contributed by atoms with E-state index in [0.717, 1.165) is 24.6 Å². The molecular weight excluding hydrogens is 254 g/mol. The highest BCUT2D eigenvalue weighted by molar-refractivity contribution is 7.15. The quantitative estimate of drug-likeness (QED) is 0.859. The van der Waals surface area contributed by atoms with Crippen molar-refractivity contribution in [1.29, 1.82) is 0 Å². The smallest absolute Gasteiger partial charge is 0.185 e. The molecule has 0 saturated carbocycles. The summed E-state index contributed by atoms with van der Waals surface area (Å²) in [5.74, 6) is 0.538. The largest absolute Gasteiger partial charge is 0.351 e. The molecule has 0 aliphatic heterocycles. The molecule has 0 radical (unpaired) electrons. The minimum atomic E-state index is 0.292. The van der Waals surface area contributed by atoms with Crippen molar-refractivity contribution in [2.24, 2.45) is 5.41 Å². The zero-order valence-corrected chi connectivity index (χ0v) is 14.3. The van der Waals surface area contributed by atoms with Gasteiger partial charge in [-0.3, -0.25) is 0 Å². The van der Waals surface area contributed by atoms with Crippen LogP contribution in [0.2, 0.25) is 0 Å². The monoisotopic (exact) mass is 283 g/mol. The molecule has 1 heterocycles. The number of thiazole rings is 1. The van der Waals surface area contributed by atoms with Gasteiger partial charge in [0.2, 0.25) is 0 Å². The molecule has 0 aliphatic carbocycles. The molecule has 0 fully saturated rings. The number of aromatic nitrogens is 1. The van der Waals surface area contributed by atoms with Gasteiger partial charge in [0.25, 0.3) is 0 Å². The third kappa shape index (κ3) is 4.77. The lowest BCUT2D eigenvalue weighted by atomic mass is 9.96. The molecule has 1 atom stereocenters. The second kappa shape index (κ2) is 6.71. The van der Waals surface area contributed by atoms with E-state index < -0.39 is 0 Å². The van der Waals surface area contributed by atoms with E-state index in [-0.39, 0.29) is 0 Å². The van der Waals surface area contributed by atoms with Crippen molar-refractivity contribution in [2.45, 2.75) is 53.5 Å². The molecule has 4 heteroatoms. The molecule has 0 amide bonds. The van der Waals surface area contributed by atoms with Crippen LogP contribution < -0.4 is 10.2 Å². The van der Waals surface area contributed by atoms with Crippen LogP contribution in [0.4, 0.5) is 5.13 Å². The number of nitrogens with zero attached hydrogens (tertiary/aromatic N) is 2. The average Bonchev–Trinajstić information content (AvgIpc) is 2.70. The van der Waals surface area contributed by atoms with Crippen LogP contribution in [0.5, 0.6) is 0 Å². The van der Waals surface area contributed by atoms with Gasteiger partial charge in [-0.25, -0.2) is 4.98 Å². The Morgan fingerprint density at radius 3 is 2.47 bits per heavy atom. The summed E-state index contributed by atoms with van der Waals surface area (Å²) >= 11 is 1.83. The topological polar surface area (TPSA) is 28.2 Å². The molecule has 1 aromatic heterocycles. The van der Waals surface area contributed by atoms with Gasteiger partial charge in [-0.15, -0.1) is 11.3 Å². The Labute approximate surface area is 122 Å². The molecule has 1 unspecified atom stereocenters. The van der Waals surface area contributed by atoms with Gasteiger partial charge in [-0.1, -0.05) is 34.6 Å². The number of hydrogen-bond donors (Lipinski definition) is 1. The molecule has 0 bridgehead atoms. The summed E-state index contributed by atoms with van der Waals surface area (Å²) in [6.07, 6.45) is 1.14. The molecule has 0 aliphatic rings. The van der Waals surface area contributed by atoms with E-state index in [0.29, 0.717) is 11.3 Å². The van der Waals surface area contributed by atoms with Crippen LogP contribution in [0.1, 0.15) is 57.5 Å². The van der Waals surface area contributed by atoms with Crippen LogP contribution >= 0.6 is 11.3 Å². The normalized spacial score (nSPS) is 13.6. The SMILES string of the molecule is CCC(C)c1nc(N(C)CC(C)(C)C)sc1CNC. The molecule has 3 nitrogen and oxygen atoms in total. The van der Waals surface area contributed by atoms with E-state index in [1.54, 1.807) is 0 Å². The van der Waals surface area contributed by atoms with Crippen molar-refractivity contribution in [2.75, 3.05) is 25.5 Å². The molecule has 0 saturated heterocycles. The molecule has 1 rings (SSSR count). The third-order valence-electron chi connectivity index (χ3n) is 3.17. The first kappa shape index (κ1) is 16.4. The van der Waals surface area contributed by atoms with Gasteiger partial charge in [0.15, 0.2) is 5.13 Å². The summed E-state index contributed by atoms with van der Waals surface area (Å²) in [7, 11) is 4.15. The third-order valence-corrected chi connectivity index (χ3v) is 4.36. The Balaban J connectivity index is 2.96. The van der Waals surface area contributed by atoms with E-state index in [4.69, 9.17) is 4.98 Å². The van der Waals surface area contributed by atoms with Gasteiger partial charge in [0.05, 0.1) is 5.69 Å². The lowest BCUT2D eigenvalue weighted by molar-refractivity contribution is 0.418. The van der Waals surface area contributed by atoms with Crippen molar-refractivity contribution in [1.82, 2.24) is 10.3 Å². The van der Waals surface area contributed by atoms with E-state index >= 15 is 0 Å². The minimum absolute atomic E-state index is 0.292. The fraction of sp³-hybridized carbons (Fsp3) is 0.800. The maximum absolute atomic E-state index is 4.89. The summed E-state index contributed by atoms with van der Waals surface area (Å²) in [6.45, 7) is 13.2. The van der Waals surface area contributed by atoms with Gasteiger partial charge < -0.3 is 10.2 Å². The van der Waals surface area contributed by atoms with Gasteiger partial charge in [0, 0.05) is 25.0 Å². The van der Waals surface area contributed by atoms with Crippen LogP contribution in [0.15, 0.2) is 0 Å². The van der Waals surface area contributed by atoms with Crippen molar-refractivity contribution in [3.05, 3.63) is 10.6 Å². The highest BCUT2D eigenvalue weighted by Crippen LogP contribution is 2.32. The van der Waals surface area contributed by atoms with Crippen molar-refractivity contribution in [3.63, 3.8) is 0 Å². The molecule has 19 heavy (non-hydrogen) atoms. The van der Waals surface area contributed by atoms with Crippen LogP contribution in [-0.4, -0.2) is 25.6 Å². The second-order valence-electron chi connectivity index (χ2n) is 6.56. The van der Waals surface area contributed by atoms with Crippen LogP contribution in [0.25, 0.3) is 0 Å². The molecular formula is C15H29N3S. The molecule has 110 valence electrons. The molecule has 1 N–H and O–H groups in total. The first-order valence-electron chi connectivity index (χ1n) is 7.13. The Bertz CT molecular complexity index is 393. The molecule has 1 aromatic rings. The lowest BCUT2D eigenvalue weighted by Gasteiger charge is -2.26. The zero-order chi connectivity index (χ0) is 14.6. The average molecular weight is 283 g/mol. The maximum atomic E-state index is 4.89. The van der Waals surface area contributed by atoms with E-state index in [1.165, 1.54) is 10.6 Å². The first-order chi connectivity index (χ1) is 8.78. The minimum Gasteiger partial charge on any atom is -0.351 e. The molecule has 0 spiro atoms. The van der Waals surface area contributed by atoms with Gasteiger partial charge in [-0.2, -0.15) is 0 Å². The van der Waals surface area contributed by atoms with Crippen LogP contribution in [-0.2, 0) is 6.54 Å². The van der Waals surface area contributed by atoms with Crippen LogP contribution in [0.3, 0.4) is 0 Å². The summed E-state index contributed by atoms with van der Waals surface area (Å²) in [4.78, 5) is 8.56. The Hall–Kier alpha value is -0.610. The standard InChI is InChI=1S/C15H29N3S/c1-8-11(2)13-12(9-16-6)19-14(17-13)18(7)10-15(3,4)5/h11,16H,8-10H2,1-7H3. The predicted octanol–water partition coefficient (Wildman–Crippen LogP) is 3.86. The van der Waals surface area contributed by atoms with Gasteiger partial charge >= 0.3 is 0 Å². The summed E-state index contributed by atoms with van der Waals surface area (Å²) in [5.41, 5.74) is 1.57. The lowest BCUT2D eigenvalue weighted by Crippen LogP contribution is -2.28. The van der Waals surface area contributed by atoms with Crippen molar-refractivity contribution < 1.29 is 0 Å². The summed E-state index contributed by atoms with van der Waals surface area (Å²) < 4.78 is 0. The zero-order valence-electron chi connectivity index (χ0n) is 13.5. The van der Waals surface area contributed by atoms with Gasteiger partial charge in [0.1, 0.15) is 0 Å². The number of nitrogens with one attached hydrogen (secondary N) is 1. The summed E-state index contributed by atoms with van der Waals surface area (Å²) in [5, 5.41) is 4.40. The fourth-order valence-electron chi connectivity index (χ4n) is 2.16. The highest BCUT2D eigenvalue weighted by Gasteiger charge is 2.20. The number of hydrogen-bond acceptors (Lipinski definition) is 4. The Morgan fingerprint density at radius 1 is 1.37 bits per heavy atom. The summed E-state index contributed by atoms with van der Waals surface area (Å²) in [6, 6.07) is 0. The number of rotatable bonds is 6. The van der Waals surface area contributed by atoms with Gasteiger partial charge in [-0.05, 0) is 24.8 Å². The molecule has 0 aromatic carbocycles. The van der Waals surface area contributed by atoms with Crippen molar-refractivity contribution in [3.8, 4) is 0 Å². The number of anilines is 1. The maximum Gasteiger partial charge on any atom is 0.185 e. The Kier molecular flexibility index (Phi) is 5.81. The highest BCUT2D eigenvalue weighted by atomic mass is 32.1. The van der Waals surface area contributed by atoms with E-state index in [1.807, 2.05) is 18.4 Å². The second-order valence-corrected chi connectivity index (χ2v) is 7.62. The first-order valence-corrected chi connectivity index (χ1v) is 7.95. The van der Waals surface area contributed by atoms with Crippen molar-refractivity contribution >= 4 is 16.5 Å². The fourth-order valence-corrected chi connectivity index (χ4v) is 3.31. The predicted molar refractivity (Wildman–Crippen MR) is 86.3 cm³/mol.